The molecule has 90 valence electrons. The SMILES string of the molecule is CCC(C)Nc1cccnc1OCCOC. The molecule has 0 saturated heterocycles. The van der Waals surface area contributed by atoms with Gasteiger partial charge in [-0.2, -0.15) is 0 Å². The first-order valence-electron chi connectivity index (χ1n) is 5.61. The molecule has 1 heterocycles. The quantitative estimate of drug-likeness (QED) is 0.722. The molecule has 1 rings (SSSR count). The maximum Gasteiger partial charge on any atom is 0.237 e. The van der Waals surface area contributed by atoms with Crippen LogP contribution in [0.2, 0.25) is 0 Å². The van der Waals surface area contributed by atoms with Gasteiger partial charge in [-0.15, -0.1) is 0 Å². The molecule has 0 amide bonds. The first-order chi connectivity index (χ1) is 7.77. The number of ether oxygens (including phenoxy) is 2. The second kappa shape index (κ2) is 7.06. The molecule has 4 heteroatoms. The fraction of sp³-hybridized carbons (Fsp3) is 0.583. The lowest BCUT2D eigenvalue weighted by Gasteiger charge is -2.15. The summed E-state index contributed by atoms with van der Waals surface area (Å²) in [6.07, 6.45) is 2.79. The summed E-state index contributed by atoms with van der Waals surface area (Å²) in [5.41, 5.74) is 0.938. The number of aromatic nitrogens is 1. The van der Waals surface area contributed by atoms with Gasteiger partial charge in [0.25, 0.3) is 0 Å². The minimum atomic E-state index is 0.411. The molecule has 1 aromatic rings. The highest BCUT2D eigenvalue weighted by Gasteiger charge is 2.06. The number of hydrogen-bond donors (Lipinski definition) is 1. The van der Waals surface area contributed by atoms with E-state index in [1.165, 1.54) is 0 Å². The summed E-state index contributed by atoms with van der Waals surface area (Å²) in [6, 6.07) is 4.28. The van der Waals surface area contributed by atoms with E-state index < -0.39 is 0 Å². The van der Waals surface area contributed by atoms with Gasteiger partial charge in [-0.05, 0) is 25.5 Å². The van der Waals surface area contributed by atoms with Crippen molar-refractivity contribution < 1.29 is 9.47 Å². The van der Waals surface area contributed by atoms with Crippen LogP contribution in [0.25, 0.3) is 0 Å². The van der Waals surface area contributed by atoms with Gasteiger partial charge in [0.2, 0.25) is 5.88 Å². The molecule has 0 aliphatic heterocycles. The summed E-state index contributed by atoms with van der Waals surface area (Å²) in [7, 11) is 1.65. The van der Waals surface area contributed by atoms with Gasteiger partial charge >= 0.3 is 0 Å². The van der Waals surface area contributed by atoms with Gasteiger partial charge in [-0.25, -0.2) is 4.98 Å². The molecule has 1 unspecified atom stereocenters. The van der Waals surface area contributed by atoms with Gasteiger partial charge < -0.3 is 14.8 Å². The summed E-state index contributed by atoms with van der Waals surface area (Å²) in [5.74, 6) is 0.639. The third kappa shape index (κ3) is 4.06. The fourth-order valence-electron chi connectivity index (χ4n) is 1.20. The molecule has 4 nitrogen and oxygen atoms in total. The van der Waals surface area contributed by atoms with Crippen molar-refractivity contribution >= 4 is 5.69 Å². The highest BCUT2D eigenvalue weighted by atomic mass is 16.5. The summed E-state index contributed by atoms with van der Waals surface area (Å²) in [6.45, 7) is 5.35. The number of nitrogens with zero attached hydrogens (tertiary/aromatic N) is 1. The van der Waals surface area contributed by atoms with E-state index in [9.17, 15) is 0 Å². The first kappa shape index (κ1) is 12.8. The Morgan fingerprint density at radius 2 is 2.25 bits per heavy atom. The number of hydrogen-bond acceptors (Lipinski definition) is 4. The van der Waals surface area contributed by atoms with Gasteiger partial charge in [0.05, 0.1) is 12.3 Å². The third-order valence-electron chi connectivity index (χ3n) is 2.31. The Hall–Kier alpha value is -1.29. The van der Waals surface area contributed by atoms with Crippen LogP contribution >= 0.6 is 0 Å². The van der Waals surface area contributed by atoms with Crippen LogP contribution in [0.1, 0.15) is 20.3 Å². The molecule has 0 saturated carbocycles. The Kier molecular flexibility index (Phi) is 5.64. The van der Waals surface area contributed by atoms with Crippen molar-refractivity contribution in [1.29, 1.82) is 0 Å². The lowest BCUT2D eigenvalue weighted by atomic mass is 10.2. The number of anilines is 1. The van der Waals surface area contributed by atoms with Gasteiger partial charge in [0.15, 0.2) is 0 Å². The van der Waals surface area contributed by atoms with Gasteiger partial charge in [-0.3, -0.25) is 0 Å². The van der Waals surface area contributed by atoms with E-state index in [-0.39, 0.29) is 0 Å². The monoisotopic (exact) mass is 224 g/mol. The highest BCUT2D eigenvalue weighted by Crippen LogP contribution is 2.21. The van der Waals surface area contributed by atoms with E-state index in [2.05, 4.69) is 24.1 Å². The molecule has 1 atom stereocenters. The Labute approximate surface area is 97.0 Å². The summed E-state index contributed by atoms with van der Waals surface area (Å²) < 4.78 is 10.5. The second-order valence-electron chi connectivity index (χ2n) is 3.65. The van der Waals surface area contributed by atoms with Crippen molar-refractivity contribution in [2.45, 2.75) is 26.3 Å². The van der Waals surface area contributed by atoms with Crippen LogP contribution in [0.5, 0.6) is 5.88 Å². The molecule has 0 fully saturated rings. The second-order valence-corrected chi connectivity index (χ2v) is 3.65. The van der Waals surface area contributed by atoms with Crippen molar-refractivity contribution in [2.24, 2.45) is 0 Å². The highest BCUT2D eigenvalue weighted by molar-refractivity contribution is 5.52. The zero-order valence-corrected chi connectivity index (χ0v) is 10.2. The first-order valence-corrected chi connectivity index (χ1v) is 5.61. The Morgan fingerprint density at radius 1 is 1.44 bits per heavy atom. The van der Waals surface area contributed by atoms with E-state index in [1.807, 2.05) is 12.1 Å². The van der Waals surface area contributed by atoms with Crippen molar-refractivity contribution in [3.8, 4) is 5.88 Å². The Morgan fingerprint density at radius 3 is 2.94 bits per heavy atom. The Balaban J connectivity index is 2.60. The third-order valence-corrected chi connectivity index (χ3v) is 2.31. The zero-order chi connectivity index (χ0) is 11.8. The fourth-order valence-corrected chi connectivity index (χ4v) is 1.20. The lowest BCUT2D eigenvalue weighted by molar-refractivity contribution is 0.144. The molecule has 0 bridgehead atoms. The zero-order valence-electron chi connectivity index (χ0n) is 10.2. The average Bonchev–Trinajstić information content (AvgIpc) is 2.31. The average molecular weight is 224 g/mol. The van der Waals surface area contributed by atoms with Crippen molar-refractivity contribution in [3.05, 3.63) is 18.3 Å². The van der Waals surface area contributed by atoms with E-state index >= 15 is 0 Å². The van der Waals surface area contributed by atoms with Crippen LogP contribution in [0.4, 0.5) is 5.69 Å². The Bertz CT molecular complexity index is 305. The van der Waals surface area contributed by atoms with Gasteiger partial charge in [0, 0.05) is 19.3 Å². The topological polar surface area (TPSA) is 43.4 Å². The predicted octanol–water partition coefficient (Wildman–Crippen LogP) is 2.32. The minimum absolute atomic E-state index is 0.411. The van der Waals surface area contributed by atoms with Crippen LogP contribution < -0.4 is 10.1 Å². The largest absolute Gasteiger partial charge is 0.474 e. The van der Waals surface area contributed by atoms with Crippen LogP contribution in [-0.4, -0.2) is 31.3 Å². The molecule has 1 N–H and O–H groups in total. The summed E-state index contributed by atoms with van der Waals surface area (Å²) in [4.78, 5) is 4.20. The normalized spacial score (nSPS) is 12.2. The van der Waals surface area contributed by atoms with Crippen molar-refractivity contribution in [2.75, 3.05) is 25.6 Å². The molecule has 0 aliphatic carbocycles. The number of pyridine rings is 1. The maximum absolute atomic E-state index is 5.52. The predicted molar refractivity (Wildman–Crippen MR) is 65.0 cm³/mol. The maximum atomic E-state index is 5.52. The van der Waals surface area contributed by atoms with Crippen LogP contribution in [0, 0.1) is 0 Å². The van der Waals surface area contributed by atoms with Crippen molar-refractivity contribution in [1.82, 2.24) is 4.98 Å². The standard InChI is InChI=1S/C12H20N2O2/c1-4-10(2)14-11-6-5-7-13-12(11)16-9-8-15-3/h5-7,10,14H,4,8-9H2,1-3H3. The van der Waals surface area contributed by atoms with E-state index in [0.29, 0.717) is 25.1 Å². The smallest absolute Gasteiger partial charge is 0.237 e. The number of methoxy groups -OCH3 is 1. The number of nitrogens with one attached hydrogen (secondary N) is 1. The molecule has 16 heavy (non-hydrogen) atoms. The molecule has 0 aliphatic rings. The molecular weight excluding hydrogens is 204 g/mol. The van der Waals surface area contributed by atoms with E-state index in [4.69, 9.17) is 9.47 Å². The van der Waals surface area contributed by atoms with Crippen LogP contribution in [-0.2, 0) is 4.74 Å². The van der Waals surface area contributed by atoms with Crippen LogP contribution in [0.3, 0.4) is 0 Å². The number of rotatable bonds is 7. The van der Waals surface area contributed by atoms with Crippen LogP contribution in [0.15, 0.2) is 18.3 Å². The van der Waals surface area contributed by atoms with Gasteiger partial charge in [-0.1, -0.05) is 6.92 Å². The molecule has 0 aromatic carbocycles. The van der Waals surface area contributed by atoms with Gasteiger partial charge in [0.1, 0.15) is 6.61 Å². The molecule has 1 aromatic heterocycles. The molecule has 0 radical (unpaired) electrons. The summed E-state index contributed by atoms with van der Waals surface area (Å²) >= 11 is 0. The van der Waals surface area contributed by atoms with E-state index in [0.717, 1.165) is 12.1 Å². The van der Waals surface area contributed by atoms with E-state index in [1.54, 1.807) is 13.3 Å². The van der Waals surface area contributed by atoms with Crippen molar-refractivity contribution in [3.63, 3.8) is 0 Å². The molecular formula is C12H20N2O2. The lowest BCUT2D eigenvalue weighted by Crippen LogP contribution is -2.15. The molecule has 0 spiro atoms. The summed E-state index contributed by atoms with van der Waals surface area (Å²) in [5, 5.41) is 3.36. The minimum Gasteiger partial charge on any atom is -0.474 e.